The molecular weight excluding hydrogens is 186 g/mol. The largest absolute Gasteiger partial charge is 0.251 e. The van der Waals surface area contributed by atoms with E-state index in [2.05, 4.69) is 11.2 Å². The van der Waals surface area contributed by atoms with E-state index in [1.807, 2.05) is 20.8 Å². The minimum Gasteiger partial charge on any atom is -0.251 e. The Morgan fingerprint density at radius 2 is 2.23 bits per heavy atom. The van der Waals surface area contributed by atoms with E-state index >= 15 is 0 Å². The molecule has 0 amide bonds. The molecule has 13 heavy (non-hydrogen) atoms. The fourth-order valence-corrected chi connectivity index (χ4v) is 1.39. The highest BCUT2D eigenvalue weighted by Crippen LogP contribution is 2.22. The molecule has 0 saturated heterocycles. The molecule has 0 spiro atoms. The van der Waals surface area contributed by atoms with Gasteiger partial charge >= 0.3 is 0 Å². The van der Waals surface area contributed by atoms with Crippen molar-refractivity contribution in [3.8, 4) is 6.07 Å². The standard InChI is InChI=1S/C9H12ClN3/c1-4-8(5-11)13-7(3)9(10)6(2)12-13/h8H,4H2,1-3H3. The summed E-state index contributed by atoms with van der Waals surface area (Å²) >= 11 is 5.96. The number of halogens is 1. The Morgan fingerprint density at radius 3 is 2.54 bits per heavy atom. The molecule has 1 unspecified atom stereocenters. The van der Waals surface area contributed by atoms with Crippen LogP contribution in [-0.2, 0) is 0 Å². The first kappa shape index (κ1) is 10.1. The van der Waals surface area contributed by atoms with E-state index in [1.165, 1.54) is 0 Å². The van der Waals surface area contributed by atoms with Crippen LogP contribution in [0.3, 0.4) is 0 Å². The van der Waals surface area contributed by atoms with Crippen LogP contribution < -0.4 is 0 Å². The average molecular weight is 198 g/mol. The van der Waals surface area contributed by atoms with Crippen molar-refractivity contribution in [3.63, 3.8) is 0 Å². The van der Waals surface area contributed by atoms with Gasteiger partial charge in [0.05, 0.1) is 22.5 Å². The number of hydrogen-bond donors (Lipinski definition) is 0. The van der Waals surface area contributed by atoms with Crippen molar-refractivity contribution in [1.29, 1.82) is 5.26 Å². The number of rotatable bonds is 2. The molecule has 0 aromatic carbocycles. The van der Waals surface area contributed by atoms with Crippen LogP contribution in [0.15, 0.2) is 0 Å². The minimum atomic E-state index is -0.203. The van der Waals surface area contributed by atoms with Gasteiger partial charge in [0.1, 0.15) is 6.04 Å². The van der Waals surface area contributed by atoms with Crippen LogP contribution in [-0.4, -0.2) is 9.78 Å². The molecule has 0 radical (unpaired) electrons. The summed E-state index contributed by atoms with van der Waals surface area (Å²) < 4.78 is 1.69. The molecule has 70 valence electrons. The lowest BCUT2D eigenvalue weighted by atomic mass is 10.2. The summed E-state index contributed by atoms with van der Waals surface area (Å²) in [6, 6.07) is 1.99. The van der Waals surface area contributed by atoms with Gasteiger partial charge in [-0.15, -0.1) is 0 Å². The number of nitrogens with zero attached hydrogens (tertiary/aromatic N) is 3. The Balaban J connectivity index is 3.16. The topological polar surface area (TPSA) is 41.6 Å². The first-order valence-corrected chi connectivity index (χ1v) is 4.60. The van der Waals surface area contributed by atoms with E-state index in [9.17, 15) is 0 Å². The normalized spacial score (nSPS) is 12.5. The lowest BCUT2D eigenvalue weighted by Gasteiger charge is -2.08. The number of aryl methyl sites for hydroxylation is 1. The van der Waals surface area contributed by atoms with E-state index in [1.54, 1.807) is 4.68 Å². The molecule has 4 heteroatoms. The van der Waals surface area contributed by atoms with Crippen molar-refractivity contribution in [2.45, 2.75) is 33.2 Å². The van der Waals surface area contributed by atoms with Crippen molar-refractivity contribution >= 4 is 11.6 Å². The highest BCUT2D eigenvalue weighted by atomic mass is 35.5. The first-order valence-electron chi connectivity index (χ1n) is 4.22. The zero-order valence-corrected chi connectivity index (χ0v) is 8.76. The second kappa shape index (κ2) is 3.80. The quantitative estimate of drug-likeness (QED) is 0.732. The van der Waals surface area contributed by atoms with E-state index in [4.69, 9.17) is 16.9 Å². The fraction of sp³-hybridized carbons (Fsp3) is 0.556. The Morgan fingerprint density at radius 1 is 1.62 bits per heavy atom. The predicted molar refractivity (Wildman–Crippen MR) is 51.7 cm³/mol. The average Bonchev–Trinajstić information content (AvgIpc) is 2.36. The van der Waals surface area contributed by atoms with Crippen LogP contribution in [0.25, 0.3) is 0 Å². The van der Waals surface area contributed by atoms with Crippen molar-refractivity contribution in [1.82, 2.24) is 9.78 Å². The Labute approximate surface area is 82.9 Å². The van der Waals surface area contributed by atoms with Gasteiger partial charge in [0, 0.05) is 0 Å². The maximum Gasteiger partial charge on any atom is 0.138 e. The fourth-order valence-electron chi connectivity index (χ4n) is 1.27. The summed E-state index contributed by atoms with van der Waals surface area (Å²) in [5.74, 6) is 0. The molecule has 1 rings (SSSR count). The first-order chi connectivity index (χ1) is 6.11. The Bertz CT molecular complexity index is 348. The van der Waals surface area contributed by atoms with Crippen molar-refractivity contribution in [2.24, 2.45) is 0 Å². The maximum absolute atomic E-state index is 8.85. The third-order valence-electron chi connectivity index (χ3n) is 2.07. The Hall–Kier alpha value is -1.01. The van der Waals surface area contributed by atoms with Crippen molar-refractivity contribution < 1.29 is 0 Å². The molecule has 1 atom stereocenters. The molecule has 1 aromatic rings. The smallest absolute Gasteiger partial charge is 0.138 e. The zero-order valence-electron chi connectivity index (χ0n) is 8.00. The van der Waals surface area contributed by atoms with Gasteiger partial charge in [-0.05, 0) is 20.3 Å². The van der Waals surface area contributed by atoms with Gasteiger partial charge in [0.15, 0.2) is 0 Å². The Kier molecular flexibility index (Phi) is 2.94. The van der Waals surface area contributed by atoms with Crippen LogP contribution in [0.5, 0.6) is 0 Å². The number of nitriles is 1. The summed E-state index contributed by atoms with van der Waals surface area (Å²) in [5.41, 5.74) is 1.65. The highest BCUT2D eigenvalue weighted by molar-refractivity contribution is 6.31. The zero-order chi connectivity index (χ0) is 10.0. The maximum atomic E-state index is 8.85. The summed E-state index contributed by atoms with van der Waals surface area (Å²) in [6.45, 7) is 5.68. The summed E-state index contributed by atoms with van der Waals surface area (Å²) in [4.78, 5) is 0. The van der Waals surface area contributed by atoms with E-state index < -0.39 is 0 Å². The monoisotopic (exact) mass is 197 g/mol. The van der Waals surface area contributed by atoms with Crippen molar-refractivity contribution in [2.75, 3.05) is 0 Å². The summed E-state index contributed by atoms with van der Waals surface area (Å²) in [6.07, 6.45) is 0.745. The molecule has 0 bridgehead atoms. The van der Waals surface area contributed by atoms with Gasteiger partial charge in [-0.1, -0.05) is 18.5 Å². The molecule has 0 N–H and O–H groups in total. The van der Waals surface area contributed by atoms with E-state index in [0.29, 0.717) is 5.02 Å². The van der Waals surface area contributed by atoms with Crippen LogP contribution >= 0.6 is 11.6 Å². The molecular formula is C9H12ClN3. The molecule has 1 heterocycles. The van der Waals surface area contributed by atoms with Crippen LogP contribution in [0, 0.1) is 25.2 Å². The van der Waals surface area contributed by atoms with Crippen molar-refractivity contribution in [3.05, 3.63) is 16.4 Å². The molecule has 0 fully saturated rings. The number of hydrogen-bond acceptors (Lipinski definition) is 2. The van der Waals surface area contributed by atoms with Gasteiger partial charge in [0.2, 0.25) is 0 Å². The van der Waals surface area contributed by atoms with Gasteiger partial charge < -0.3 is 0 Å². The second-order valence-electron chi connectivity index (χ2n) is 2.98. The molecule has 0 aliphatic rings. The molecule has 1 aromatic heterocycles. The van der Waals surface area contributed by atoms with Gasteiger partial charge in [-0.25, -0.2) is 0 Å². The van der Waals surface area contributed by atoms with Crippen LogP contribution in [0.2, 0.25) is 5.02 Å². The second-order valence-corrected chi connectivity index (χ2v) is 3.36. The molecule has 0 aliphatic carbocycles. The number of aromatic nitrogens is 2. The lowest BCUT2D eigenvalue weighted by Crippen LogP contribution is -2.09. The van der Waals surface area contributed by atoms with E-state index in [0.717, 1.165) is 17.8 Å². The van der Waals surface area contributed by atoms with Gasteiger partial charge in [-0.2, -0.15) is 10.4 Å². The molecule has 3 nitrogen and oxygen atoms in total. The highest BCUT2D eigenvalue weighted by Gasteiger charge is 2.15. The predicted octanol–water partition coefficient (Wildman–Crippen LogP) is 2.63. The minimum absolute atomic E-state index is 0.203. The van der Waals surface area contributed by atoms with Crippen LogP contribution in [0.1, 0.15) is 30.8 Å². The van der Waals surface area contributed by atoms with Gasteiger partial charge in [-0.3, -0.25) is 4.68 Å². The third-order valence-corrected chi connectivity index (χ3v) is 2.61. The summed E-state index contributed by atoms with van der Waals surface area (Å²) in [7, 11) is 0. The lowest BCUT2D eigenvalue weighted by molar-refractivity contribution is 0.519. The van der Waals surface area contributed by atoms with Crippen LogP contribution in [0.4, 0.5) is 0 Å². The third kappa shape index (κ3) is 1.68. The molecule has 0 saturated carbocycles. The molecule has 0 aliphatic heterocycles. The SMILES string of the molecule is CCC(C#N)n1nc(C)c(Cl)c1C. The van der Waals surface area contributed by atoms with Gasteiger partial charge in [0.25, 0.3) is 0 Å². The summed E-state index contributed by atoms with van der Waals surface area (Å²) in [5, 5.41) is 13.7. The van der Waals surface area contributed by atoms with E-state index in [-0.39, 0.29) is 6.04 Å².